The van der Waals surface area contributed by atoms with Crippen LogP contribution in [0.4, 0.5) is 0 Å². The number of methoxy groups -OCH3 is 2. The summed E-state index contributed by atoms with van der Waals surface area (Å²) in [5.41, 5.74) is 2.00. The first-order valence-electron chi connectivity index (χ1n) is 7.46. The molecule has 4 heteroatoms. The van der Waals surface area contributed by atoms with Crippen molar-refractivity contribution in [1.29, 1.82) is 0 Å². The topological polar surface area (TPSA) is 44.8 Å². The van der Waals surface area contributed by atoms with Gasteiger partial charge in [-0.25, -0.2) is 0 Å². The van der Waals surface area contributed by atoms with Crippen molar-refractivity contribution in [3.63, 3.8) is 0 Å². The lowest BCUT2D eigenvalue weighted by atomic mass is 9.88. The van der Waals surface area contributed by atoms with Crippen molar-refractivity contribution < 1.29 is 19.0 Å². The first-order valence-corrected chi connectivity index (χ1v) is 7.46. The summed E-state index contributed by atoms with van der Waals surface area (Å²) in [6, 6.07) is 3.79. The third-order valence-corrected chi connectivity index (χ3v) is 3.74. The van der Waals surface area contributed by atoms with Crippen LogP contribution >= 0.6 is 0 Å². The van der Waals surface area contributed by atoms with Crippen LogP contribution in [-0.2, 0) is 4.79 Å². The molecule has 1 heterocycles. The van der Waals surface area contributed by atoms with Gasteiger partial charge in [0.05, 0.1) is 20.8 Å². The van der Waals surface area contributed by atoms with E-state index in [-0.39, 0.29) is 11.2 Å². The van der Waals surface area contributed by atoms with E-state index >= 15 is 0 Å². The molecule has 0 aromatic heterocycles. The Morgan fingerprint density at radius 2 is 1.86 bits per heavy atom. The van der Waals surface area contributed by atoms with Crippen LogP contribution < -0.4 is 14.2 Å². The second-order valence-electron chi connectivity index (χ2n) is 6.35. The monoisotopic (exact) mass is 304 g/mol. The number of hydrogen-bond donors (Lipinski definition) is 0. The van der Waals surface area contributed by atoms with E-state index in [0.717, 1.165) is 16.9 Å². The minimum Gasteiger partial charge on any atom is -0.493 e. The largest absolute Gasteiger partial charge is 0.493 e. The van der Waals surface area contributed by atoms with E-state index in [1.54, 1.807) is 21.1 Å². The number of carbonyl (C=O) groups is 1. The van der Waals surface area contributed by atoms with Crippen LogP contribution in [0.3, 0.4) is 0 Å². The smallest absolute Gasteiger partial charge is 0.164 e. The Labute approximate surface area is 132 Å². The molecule has 0 fully saturated rings. The molecular formula is C18H24O4. The molecule has 2 rings (SSSR count). The maximum atomic E-state index is 11.4. The van der Waals surface area contributed by atoms with Crippen molar-refractivity contribution in [2.75, 3.05) is 20.8 Å². The van der Waals surface area contributed by atoms with Crippen LogP contribution in [0.2, 0.25) is 0 Å². The molecular weight excluding hydrogens is 280 g/mol. The Morgan fingerprint density at radius 3 is 2.45 bits per heavy atom. The normalized spacial score (nSPS) is 16.0. The summed E-state index contributed by atoms with van der Waals surface area (Å²) in [6.45, 7) is 6.45. The molecule has 0 radical (unpaired) electrons. The van der Waals surface area contributed by atoms with Crippen LogP contribution in [-0.4, -0.2) is 26.6 Å². The molecule has 0 saturated heterocycles. The number of rotatable bonds is 5. The molecule has 1 aliphatic heterocycles. The average molecular weight is 304 g/mol. The summed E-state index contributed by atoms with van der Waals surface area (Å²) in [5.74, 6) is 2.27. The highest BCUT2D eigenvalue weighted by molar-refractivity contribution is 5.80. The molecule has 120 valence electrons. The van der Waals surface area contributed by atoms with Gasteiger partial charge in [-0.15, -0.1) is 0 Å². The van der Waals surface area contributed by atoms with Crippen LogP contribution in [0, 0.1) is 5.41 Å². The molecule has 0 aliphatic carbocycles. The predicted octanol–water partition coefficient (Wildman–Crippen LogP) is 3.88. The fourth-order valence-electron chi connectivity index (χ4n) is 2.60. The van der Waals surface area contributed by atoms with Crippen molar-refractivity contribution in [3.05, 3.63) is 23.8 Å². The molecule has 0 saturated carbocycles. The molecule has 0 amide bonds. The van der Waals surface area contributed by atoms with E-state index in [9.17, 15) is 4.79 Å². The first-order chi connectivity index (χ1) is 10.4. The minimum absolute atomic E-state index is 0.0917. The van der Waals surface area contributed by atoms with E-state index in [1.807, 2.05) is 12.1 Å². The highest BCUT2D eigenvalue weighted by atomic mass is 16.5. The molecule has 1 aromatic rings. The summed E-state index contributed by atoms with van der Waals surface area (Å²) in [7, 11) is 3.22. The molecule has 0 unspecified atom stereocenters. The zero-order valence-electron chi connectivity index (χ0n) is 14.0. The Kier molecular flexibility index (Phi) is 4.79. The first kappa shape index (κ1) is 16.4. The van der Waals surface area contributed by atoms with Crippen LogP contribution in [0.5, 0.6) is 17.2 Å². The van der Waals surface area contributed by atoms with Gasteiger partial charge in [-0.3, -0.25) is 0 Å². The Hall–Kier alpha value is -1.97. The second-order valence-corrected chi connectivity index (χ2v) is 6.35. The van der Waals surface area contributed by atoms with Crippen molar-refractivity contribution in [2.24, 2.45) is 5.41 Å². The van der Waals surface area contributed by atoms with Gasteiger partial charge in [0.25, 0.3) is 0 Å². The van der Waals surface area contributed by atoms with Crippen molar-refractivity contribution in [1.82, 2.24) is 0 Å². The molecule has 0 N–H and O–H groups in total. The zero-order chi connectivity index (χ0) is 16.3. The highest BCUT2D eigenvalue weighted by Crippen LogP contribution is 2.43. The number of hydrogen-bond acceptors (Lipinski definition) is 4. The van der Waals surface area contributed by atoms with E-state index in [0.29, 0.717) is 30.9 Å². The third-order valence-electron chi connectivity index (χ3n) is 3.74. The molecule has 4 nitrogen and oxygen atoms in total. The fourth-order valence-corrected chi connectivity index (χ4v) is 2.60. The molecule has 22 heavy (non-hydrogen) atoms. The van der Waals surface area contributed by atoms with Crippen LogP contribution in [0.1, 0.15) is 39.2 Å². The summed E-state index contributed by atoms with van der Waals surface area (Å²) < 4.78 is 16.7. The van der Waals surface area contributed by atoms with Gasteiger partial charge in [0.1, 0.15) is 11.5 Å². The number of Topliss-reactive ketones (excluding diaryl/α,β-unsaturated/α-hetero) is 1. The summed E-state index contributed by atoms with van der Waals surface area (Å²) in [6.07, 6.45) is 3.42. The quantitative estimate of drug-likeness (QED) is 0.828. The summed E-state index contributed by atoms with van der Waals surface area (Å²) in [5, 5.41) is 0. The Balaban J connectivity index is 2.50. The maximum absolute atomic E-state index is 11.4. The van der Waals surface area contributed by atoms with E-state index in [1.165, 1.54) is 0 Å². The zero-order valence-corrected chi connectivity index (χ0v) is 14.0. The molecule has 0 atom stereocenters. The second kappa shape index (κ2) is 6.42. The highest BCUT2D eigenvalue weighted by Gasteiger charge is 2.25. The maximum Gasteiger partial charge on any atom is 0.164 e. The van der Waals surface area contributed by atoms with Gasteiger partial charge >= 0.3 is 0 Å². The summed E-state index contributed by atoms with van der Waals surface area (Å²) >= 11 is 0. The molecule has 0 spiro atoms. The number of ketones is 1. The molecule has 1 aliphatic rings. The number of ether oxygens (including phenoxy) is 3. The lowest BCUT2D eigenvalue weighted by molar-refractivity contribution is -0.116. The van der Waals surface area contributed by atoms with Gasteiger partial charge in [-0.1, -0.05) is 19.9 Å². The van der Waals surface area contributed by atoms with Crippen LogP contribution in [0.15, 0.2) is 18.2 Å². The van der Waals surface area contributed by atoms with Crippen molar-refractivity contribution >= 4 is 11.4 Å². The Morgan fingerprint density at radius 1 is 1.23 bits per heavy atom. The van der Waals surface area contributed by atoms with Gasteiger partial charge in [-0.05, 0) is 25.0 Å². The van der Waals surface area contributed by atoms with Gasteiger partial charge in [0.15, 0.2) is 11.5 Å². The van der Waals surface area contributed by atoms with Gasteiger partial charge in [0.2, 0.25) is 0 Å². The molecule has 1 aromatic carbocycles. The predicted molar refractivity (Wildman–Crippen MR) is 86.7 cm³/mol. The van der Waals surface area contributed by atoms with Crippen LogP contribution in [0.25, 0.3) is 5.57 Å². The average Bonchev–Trinajstić information content (AvgIpc) is 2.60. The lowest BCUT2D eigenvalue weighted by Gasteiger charge is -2.18. The number of benzene rings is 1. The van der Waals surface area contributed by atoms with E-state index in [4.69, 9.17) is 14.2 Å². The molecule has 0 bridgehead atoms. The Bertz CT molecular complexity index is 599. The lowest BCUT2D eigenvalue weighted by Crippen LogP contribution is -2.17. The number of allylic oxidation sites excluding steroid dienone is 1. The fraction of sp³-hybridized carbons (Fsp3) is 0.500. The van der Waals surface area contributed by atoms with Gasteiger partial charge in [-0.2, -0.15) is 0 Å². The van der Waals surface area contributed by atoms with Crippen molar-refractivity contribution in [3.8, 4) is 17.2 Å². The number of fused-ring (bicyclic) bond motifs is 1. The van der Waals surface area contributed by atoms with Crippen molar-refractivity contribution in [2.45, 2.75) is 33.6 Å². The van der Waals surface area contributed by atoms with E-state index < -0.39 is 0 Å². The van der Waals surface area contributed by atoms with Gasteiger partial charge in [0, 0.05) is 23.5 Å². The van der Waals surface area contributed by atoms with Gasteiger partial charge < -0.3 is 19.0 Å². The SMILES string of the molecule is COc1cc2c(cc1OC)C(CCC(C)=O)=CC(C)(C)CO2. The third kappa shape index (κ3) is 3.62. The minimum atomic E-state index is -0.0917. The number of carbonyl (C=O) groups excluding carboxylic acids is 1. The van der Waals surface area contributed by atoms with E-state index in [2.05, 4.69) is 19.9 Å². The standard InChI is InChI=1S/C18H24O4/c1-12(19)6-7-13-10-18(2,3)11-22-15-9-17(21-5)16(20-4)8-14(13)15/h8-10H,6-7,11H2,1-5H3. The summed E-state index contributed by atoms with van der Waals surface area (Å²) in [4.78, 5) is 11.4.